The average molecular weight is 358 g/mol. The second kappa shape index (κ2) is 8.56. The van der Waals surface area contributed by atoms with Gasteiger partial charge in [0.1, 0.15) is 5.75 Å². The van der Waals surface area contributed by atoms with E-state index in [1.165, 1.54) is 5.56 Å². The van der Waals surface area contributed by atoms with Gasteiger partial charge >= 0.3 is 0 Å². The van der Waals surface area contributed by atoms with E-state index in [0.29, 0.717) is 32.6 Å². The molecule has 2 heterocycles. The molecule has 142 valence electrons. The Hall–Kier alpha value is -2.04. The number of nitrogens with zero attached hydrogens (tertiary/aromatic N) is 2. The molecule has 2 amide bonds. The highest BCUT2D eigenvalue weighted by Gasteiger charge is 2.27. The van der Waals surface area contributed by atoms with Gasteiger partial charge in [0, 0.05) is 32.1 Å². The number of hydrogen-bond acceptors (Lipinski definition) is 3. The van der Waals surface area contributed by atoms with Crippen LogP contribution in [0.3, 0.4) is 0 Å². The number of fused-ring (bicyclic) bond motifs is 1. The fourth-order valence-electron chi connectivity index (χ4n) is 3.88. The monoisotopic (exact) mass is 358 g/mol. The molecule has 0 saturated carbocycles. The minimum atomic E-state index is 0.120. The lowest BCUT2D eigenvalue weighted by Gasteiger charge is -2.36. The predicted molar refractivity (Wildman–Crippen MR) is 101 cm³/mol. The van der Waals surface area contributed by atoms with Crippen molar-refractivity contribution in [3.05, 3.63) is 29.3 Å². The molecule has 0 bridgehead atoms. The third-order valence-corrected chi connectivity index (χ3v) is 5.61. The van der Waals surface area contributed by atoms with E-state index in [4.69, 9.17) is 4.74 Å². The second-order valence-corrected chi connectivity index (χ2v) is 7.29. The summed E-state index contributed by atoms with van der Waals surface area (Å²) >= 11 is 0. The van der Waals surface area contributed by atoms with Crippen LogP contribution in [0.5, 0.6) is 5.75 Å². The molecule has 5 heteroatoms. The lowest BCUT2D eigenvalue weighted by molar-refractivity contribution is -0.142. The van der Waals surface area contributed by atoms with Gasteiger partial charge in [-0.3, -0.25) is 9.59 Å². The van der Waals surface area contributed by atoms with Crippen LogP contribution in [0.2, 0.25) is 0 Å². The van der Waals surface area contributed by atoms with E-state index >= 15 is 0 Å². The molecule has 2 aliphatic rings. The lowest BCUT2D eigenvalue weighted by Crippen LogP contribution is -2.52. The van der Waals surface area contributed by atoms with Crippen LogP contribution in [-0.4, -0.2) is 54.4 Å². The number of carbonyl (C=O) groups is 2. The van der Waals surface area contributed by atoms with Crippen molar-refractivity contribution in [2.24, 2.45) is 5.92 Å². The molecular formula is C21H30N2O3. The number of piperazine rings is 1. The molecule has 0 N–H and O–H groups in total. The van der Waals surface area contributed by atoms with Crippen LogP contribution in [0, 0.1) is 5.92 Å². The Bertz CT molecular complexity index is 647. The van der Waals surface area contributed by atoms with Gasteiger partial charge in [0.05, 0.1) is 13.0 Å². The number of rotatable bonds is 5. The van der Waals surface area contributed by atoms with Gasteiger partial charge in [-0.15, -0.1) is 0 Å². The first-order valence-corrected chi connectivity index (χ1v) is 9.93. The summed E-state index contributed by atoms with van der Waals surface area (Å²) in [4.78, 5) is 28.9. The largest absolute Gasteiger partial charge is 0.493 e. The van der Waals surface area contributed by atoms with E-state index in [-0.39, 0.29) is 17.7 Å². The number of benzene rings is 1. The van der Waals surface area contributed by atoms with Gasteiger partial charge in [0.15, 0.2) is 0 Å². The number of carbonyl (C=O) groups excluding carboxylic acids is 2. The molecular weight excluding hydrogens is 328 g/mol. The van der Waals surface area contributed by atoms with E-state index in [1.54, 1.807) is 0 Å². The summed E-state index contributed by atoms with van der Waals surface area (Å²) in [6, 6.07) is 6.09. The van der Waals surface area contributed by atoms with Crippen LogP contribution in [0.1, 0.15) is 44.2 Å². The third-order valence-electron chi connectivity index (χ3n) is 5.61. The Balaban J connectivity index is 1.53. The van der Waals surface area contributed by atoms with Gasteiger partial charge in [-0.1, -0.05) is 26.0 Å². The minimum absolute atomic E-state index is 0.120. The first-order valence-electron chi connectivity index (χ1n) is 9.93. The Morgan fingerprint density at radius 3 is 2.46 bits per heavy atom. The first-order chi connectivity index (χ1) is 12.6. The molecule has 1 fully saturated rings. The molecule has 26 heavy (non-hydrogen) atoms. The van der Waals surface area contributed by atoms with E-state index in [2.05, 4.69) is 19.9 Å². The van der Waals surface area contributed by atoms with Crippen LogP contribution in [0.25, 0.3) is 0 Å². The highest BCUT2D eigenvalue weighted by atomic mass is 16.5. The SMILES string of the molecule is CCC(CC)C(=O)N1CCN(C(=O)Cc2ccc3c(c2)CCCO3)CC1. The van der Waals surface area contributed by atoms with Crippen molar-refractivity contribution >= 4 is 11.8 Å². The van der Waals surface area contributed by atoms with Crippen molar-refractivity contribution in [1.29, 1.82) is 0 Å². The number of amides is 2. The Morgan fingerprint density at radius 1 is 1.08 bits per heavy atom. The summed E-state index contributed by atoms with van der Waals surface area (Å²) in [5, 5.41) is 0. The maximum Gasteiger partial charge on any atom is 0.227 e. The van der Waals surface area contributed by atoms with Crippen LogP contribution >= 0.6 is 0 Å². The van der Waals surface area contributed by atoms with E-state index in [9.17, 15) is 9.59 Å². The molecule has 0 aliphatic carbocycles. The molecule has 0 atom stereocenters. The van der Waals surface area contributed by atoms with Gasteiger partial charge in [0.25, 0.3) is 0 Å². The summed E-state index contributed by atoms with van der Waals surface area (Å²) in [7, 11) is 0. The Kier molecular flexibility index (Phi) is 6.17. The van der Waals surface area contributed by atoms with E-state index in [1.807, 2.05) is 21.9 Å². The van der Waals surface area contributed by atoms with E-state index in [0.717, 1.165) is 43.6 Å². The van der Waals surface area contributed by atoms with Crippen molar-refractivity contribution < 1.29 is 14.3 Å². The molecule has 5 nitrogen and oxygen atoms in total. The van der Waals surface area contributed by atoms with Crippen LogP contribution in [0.4, 0.5) is 0 Å². The quantitative estimate of drug-likeness (QED) is 0.813. The van der Waals surface area contributed by atoms with Crippen LogP contribution < -0.4 is 4.74 Å². The minimum Gasteiger partial charge on any atom is -0.493 e. The number of hydrogen-bond donors (Lipinski definition) is 0. The Labute approximate surface area is 156 Å². The molecule has 1 aromatic carbocycles. The molecule has 0 aromatic heterocycles. The zero-order valence-electron chi connectivity index (χ0n) is 16.0. The van der Waals surface area contributed by atoms with Crippen molar-refractivity contribution in [1.82, 2.24) is 9.80 Å². The summed E-state index contributed by atoms with van der Waals surface area (Å²) < 4.78 is 5.64. The molecule has 0 spiro atoms. The van der Waals surface area contributed by atoms with Gasteiger partial charge in [-0.25, -0.2) is 0 Å². The average Bonchev–Trinajstić information content (AvgIpc) is 2.69. The summed E-state index contributed by atoms with van der Waals surface area (Å²) in [5.74, 6) is 1.48. The van der Waals surface area contributed by atoms with Crippen molar-refractivity contribution in [2.45, 2.75) is 46.0 Å². The van der Waals surface area contributed by atoms with Crippen molar-refractivity contribution in [2.75, 3.05) is 32.8 Å². The first kappa shape index (κ1) is 18.7. The molecule has 0 radical (unpaired) electrons. The van der Waals surface area contributed by atoms with Gasteiger partial charge in [-0.05, 0) is 42.9 Å². The zero-order chi connectivity index (χ0) is 18.5. The highest BCUT2D eigenvalue weighted by molar-refractivity contribution is 5.81. The fourth-order valence-corrected chi connectivity index (χ4v) is 3.88. The van der Waals surface area contributed by atoms with Crippen molar-refractivity contribution in [3.63, 3.8) is 0 Å². The topological polar surface area (TPSA) is 49.9 Å². The third kappa shape index (κ3) is 4.19. The summed E-state index contributed by atoms with van der Waals surface area (Å²) in [6.45, 7) is 7.49. The maximum atomic E-state index is 12.6. The second-order valence-electron chi connectivity index (χ2n) is 7.29. The Morgan fingerprint density at radius 2 is 1.77 bits per heavy atom. The smallest absolute Gasteiger partial charge is 0.227 e. The zero-order valence-corrected chi connectivity index (χ0v) is 16.0. The van der Waals surface area contributed by atoms with Gasteiger partial charge in [-0.2, -0.15) is 0 Å². The van der Waals surface area contributed by atoms with Crippen LogP contribution in [-0.2, 0) is 22.4 Å². The van der Waals surface area contributed by atoms with Crippen LogP contribution in [0.15, 0.2) is 18.2 Å². The summed E-state index contributed by atoms with van der Waals surface area (Å²) in [6.07, 6.45) is 4.26. The van der Waals surface area contributed by atoms with Gasteiger partial charge < -0.3 is 14.5 Å². The molecule has 2 aliphatic heterocycles. The van der Waals surface area contributed by atoms with Gasteiger partial charge in [0.2, 0.25) is 11.8 Å². The number of aryl methyl sites for hydroxylation is 1. The maximum absolute atomic E-state index is 12.6. The van der Waals surface area contributed by atoms with E-state index < -0.39 is 0 Å². The molecule has 0 unspecified atom stereocenters. The van der Waals surface area contributed by atoms with Crippen molar-refractivity contribution in [3.8, 4) is 5.75 Å². The normalized spacial score (nSPS) is 17.0. The molecule has 3 rings (SSSR count). The lowest BCUT2D eigenvalue weighted by atomic mass is 10.0. The number of ether oxygens (including phenoxy) is 1. The standard InChI is InChI=1S/C21H30N2O3/c1-3-17(4-2)21(25)23-11-9-22(10-12-23)20(24)15-16-7-8-19-18(14-16)6-5-13-26-19/h7-8,14,17H,3-6,9-13,15H2,1-2H3. The highest BCUT2D eigenvalue weighted by Crippen LogP contribution is 2.26. The fraction of sp³-hybridized carbons (Fsp3) is 0.619. The molecule has 1 saturated heterocycles. The predicted octanol–water partition coefficient (Wildman–Crippen LogP) is 2.66. The molecule has 1 aromatic rings. The summed E-state index contributed by atoms with van der Waals surface area (Å²) in [5.41, 5.74) is 2.26.